The van der Waals surface area contributed by atoms with E-state index in [0.717, 1.165) is 22.4 Å². The highest BCUT2D eigenvalue weighted by Gasteiger charge is 2.64. The summed E-state index contributed by atoms with van der Waals surface area (Å²) in [6, 6.07) is 6.96. The van der Waals surface area contributed by atoms with Gasteiger partial charge in [-0.05, 0) is 31.7 Å². The van der Waals surface area contributed by atoms with Crippen molar-refractivity contribution >= 4 is 34.7 Å². The van der Waals surface area contributed by atoms with Crippen molar-refractivity contribution in [2.45, 2.75) is 43.4 Å². The van der Waals surface area contributed by atoms with Crippen molar-refractivity contribution < 1.29 is 18.0 Å². The number of nitrogens with one attached hydrogen (secondary N) is 2. The molecule has 1 aromatic heterocycles. The van der Waals surface area contributed by atoms with Crippen molar-refractivity contribution in [2.24, 2.45) is 5.10 Å². The van der Waals surface area contributed by atoms with E-state index in [9.17, 15) is 18.0 Å². The molecule has 2 fully saturated rings. The Bertz CT molecular complexity index is 1120. The van der Waals surface area contributed by atoms with E-state index in [1.165, 1.54) is 0 Å². The van der Waals surface area contributed by atoms with Gasteiger partial charge in [-0.25, -0.2) is 4.79 Å². The van der Waals surface area contributed by atoms with E-state index in [1.807, 2.05) is 43.6 Å². The molecule has 1 unspecified atom stereocenters. The molecule has 1 aliphatic carbocycles. The van der Waals surface area contributed by atoms with Gasteiger partial charge in [0.25, 0.3) is 5.82 Å². The van der Waals surface area contributed by atoms with Crippen LogP contribution in [0.4, 0.5) is 29.6 Å². The summed E-state index contributed by atoms with van der Waals surface area (Å²) < 4.78 is 39.4. The molecule has 3 aliphatic rings. The lowest BCUT2D eigenvalue weighted by Crippen LogP contribution is -2.55. The second-order valence-electron chi connectivity index (χ2n) is 8.96. The Morgan fingerprint density at radius 2 is 1.85 bits per heavy atom. The number of halogens is 3. The number of alkyl halides is 3. The smallest absolute Gasteiger partial charge is 0.354 e. The van der Waals surface area contributed by atoms with Crippen molar-refractivity contribution in [1.29, 1.82) is 0 Å². The van der Waals surface area contributed by atoms with Crippen LogP contribution < -0.4 is 20.1 Å². The highest BCUT2D eigenvalue weighted by Crippen LogP contribution is 2.48. The Morgan fingerprint density at radius 1 is 1.15 bits per heavy atom. The van der Waals surface area contributed by atoms with Gasteiger partial charge in [0.1, 0.15) is 18.8 Å². The van der Waals surface area contributed by atoms with E-state index in [0.29, 0.717) is 25.9 Å². The Morgan fingerprint density at radius 3 is 2.45 bits per heavy atom. The van der Waals surface area contributed by atoms with Crippen LogP contribution in [0.2, 0.25) is 0 Å². The molecule has 2 amide bonds. The molecule has 0 bridgehead atoms. The van der Waals surface area contributed by atoms with Gasteiger partial charge in [-0.1, -0.05) is 28.4 Å². The lowest BCUT2D eigenvalue weighted by atomic mass is 10.0. The Balaban J connectivity index is 1.27. The molecular weight excluding hydrogens is 435 g/mol. The fourth-order valence-corrected chi connectivity index (χ4v) is 4.47. The van der Waals surface area contributed by atoms with E-state index in [2.05, 4.69) is 30.8 Å². The SMILES string of the molecule is C[N+]1(c2nnc(N3CCC(NC(=O)NC4(C(F)(F)F)CC4)CC3)c3ccccc23)C=CC=N1. The van der Waals surface area contributed by atoms with Gasteiger partial charge in [-0.3, -0.25) is 0 Å². The van der Waals surface area contributed by atoms with E-state index < -0.39 is 17.7 Å². The number of benzene rings is 1. The molecule has 8 nitrogen and oxygen atoms in total. The quantitative estimate of drug-likeness (QED) is 0.685. The fourth-order valence-electron chi connectivity index (χ4n) is 4.47. The highest BCUT2D eigenvalue weighted by molar-refractivity contribution is 5.99. The minimum Gasteiger partial charge on any atom is -0.354 e. The minimum atomic E-state index is -4.42. The Labute approximate surface area is 188 Å². The minimum absolute atomic E-state index is 0.0665. The molecule has 174 valence electrons. The van der Waals surface area contributed by atoms with Gasteiger partial charge in [0.2, 0.25) is 0 Å². The summed E-state index contributed by atoms with van der Waals surface area (Å²) in [5, 5.41) is 20.3. The molecule has 0 spiro atoms. The summed E-state index contributed by atoms with van der Waals surface area (Å²) >= 11 is 0. The third-order valence-electron chi connectivity index (χ3n) is 6.62. The highest BCUT2D eigenvalue weighted by atomic mass is 19.4. The van der Waals surface area contributed by atoms with Crippen molar-refractivity contribution in [2.75, 3.05) is 25.0 Å². The third-order valence-corrected chi connectivity index (χ3v) is 6.62. The molecule has 1 aromatic carbocycles. The van der Waals surface area contributed by atoms with Crippen LogP contribution in [0.1, 0.15) is 25.7 Å². The van der Waals surface area contributed by atoms with Crippen LogP contribution in [0.5, 0.6) is 0 Å². The molecule has 11 heteroatoms. The van der Waals surface area contributed by atoms with E-state index in [4.69, 9.17) is 0 Å². The summed E-state index contributed by atoms with van der Waals surface area (Å²) in [4.78, 5) is 14.3. The number of hydrogen-bond acceptors (Lipinski definition) is 5. The molecule has 1 atom stereocenters. The zero-order valence-electron chi connectivity index (χ0n) is 18.1. The second-order valence-corrected chi connectivity index (χ2v) is 8.96. The number of anilines is 1. The van der Waals surface area contributed by atoms with Crippen molar-refractivity contribution in [3.05, 3.63) is 36.5 Å². The van der Waals surface area contributed by atoms with Gasteiger partial charge < -0.3 is 15.5 Å². The average molecular weight is 460 g/mol. The zero-order chi connectivity index (χ0) is 23.3. The first-order chi connectivity index (χ1) is 15.7. The molecule has 2 N–H and O–H groups in total. The number of amides is 2. The summed E-state index contributed by atoms with van der Waals surface area (Å²) in [5.74, 6) is 1.48. The summed E-state index contributed by atoms with van der Waals surface area (Å²) in [6.07, 6.45) is 2.19. The standard InChI is InChI=1S/C22H24F3N7O/c1-32(14-4-11-26-32)19-17-6-3-2-5-16(17)18(29-30-19)31-12-7-15(8-13-31)27-20(33)28-21(9-10-21)22(23,24)25/h2-6,11,14-15H,7-10,12-13H2,1H3,(H-,27,28,33)/p+1. The number of quaternary nitrogens is 1. The van der Waals surface area contributed by atoms with E-state index in [-0.39, 0.29) is 23.5 Å². The van der Waals surface area contributed by atoms with Gasteiger partial charge in [-0.2, -0.15) is 13.2 Å². The van der Waals surface area contributed by atoms with E-state index >= 15 is 0 Å². The average Bonchev–Trinajstić information content (AvgIpc) is 3.45. The van der Waals surface area contributed by atoms with Crippen molar-refractivity contribution in [1.82, 2.24) is 25.4 Å². The number of fused-ring (bicyclic) bond motifs is 1. The number of urea groups is 1. The molecular formula is C22H25F3N7O+. The third kappa shape index (κ3) is 3.90. The Hall–Kier alpha value is -3.21. The molecule has 3 heterocycles. The topological polar surface area (TPSA) is 82.5 Å². The maximum atomic E-state index is 13.1. The number of allylic oxidation sites excluding steroid dienone is 1. The van der Waals surface area contributed by atoms with Gasteiger partial charge in [0.05, 0.1) is 11.6 Å². The predicted octanol–water partition coefficient (Wildman–Crippen LogP) is 3.44. The number of carbonyl (C=O) groups is 1. The molecule has 1 saturated heterocycles. The van der Waals surface area contributed by atoms with Gasteiger partial charge in [0, 0.05) is 30.6 Å². The first-order valence-corrected chi connectivity index (χ1v) is 11.0. The van der Waals surface area contributed by atoms with Crippen LogP contribution in [0, 0.1) is 0 Å². The van der Waals surface area contributed by atoms with Crippen LogP contribution in [0.25, 0.3) is 10.8 Å². The molecule has 5 rings (SSSR count). The number of rotatable bonds is 4. The number of carbonyl (C=O) groups excluding carboxylic acids is 1. The monoisotopic (exact) mass is 460 g/mol. The fraction of sp³-hybridized carbons (Fsp3) is 0.455. The lowest BCUT2D eigenvalue weighted by molar-refractivity contribution is -0.162. The number of piperidine rings is 1. The molecule has 0 radical (unpaired) electrons. The second kappa shape index (κ2) is 7.68. The Kier molecular flexibility index (Phi) is 5.04. The number of hydrogen-bond donors (Lipinski definition) is 2. The predicted molar refractivity (Wildman–Crippen MR) is 120 cm³/mol. The number of aromatic nitrogens is 2. The normalized spacial score (nSPS) is 24.3. The molecule has 1 saturated carbocycles. The maximum Gasteiger partial charge on any atom is 0.411 e. The first-order valence-electron chi connectivity index (χ1n) is 11.0. The van der Waals surface area contributed by atoms with E-state index in [1.54, 1.807) is 6.21 Å². The zero-order valence-corrected chi connectivity index (χ0v) is 18.1. The van der Waals surface area contributed by atoms with Crippen LogP contribution in [-0.2, 0) is 0 Å². The first kappa shape index (κ1) is 21.6. The van der Waals surface area contributed by atoms with Crippen LogP contribution in [-0.4, -0.2) is 60.3 Å². The van der Waals surface area contributed by atoms with Crippen LogP contribution in [0.15, 0.2) is 41.6 Å². The van der Waals surface area contributed by atoms with Gasteiger partial charge >= 0.3 is 12.2 Å². The molecule has 2 aromatic rings. The van der Waals surface area contributed by atoms with Gasteiger partial charge in [-0.15, -0.1) is 9.69 Å². The molecule has 33 heavy (non-hydrogen) atoms. The summed E-state index contributed by atoms with van der Waals surface area (Å²) in [6.45, 7) is 1.22. The lowest BCUT2D eigenvalue weighted by Gasteiger charge is -2.34. The van der Waals surface area contributed by atoms with Crippen LogP contribution in [0.3, 0.4) is 0 Å². The van der Waals surface area contributed by atoms with Crippen LogP contribution >= 0.6 is 0 Å². The summed E-state index contributed by atoms with van der Waals surface area (Å²) in [5.41, 5.74) is -2.05. The van der Waals surface area contributed by atoms with Crippen molar-refractivity contribution in [3.63, 3.8) is 0 Å². The maximum absolute atomic E-state index is 13.1. The molecule has 2 aliphatic heterocycles. The largest absolute Gasteiger partial charge is 0.411 e. The van der Waals surface area contributed by atoms with Gasteiger partial charge in [0.15, 0.2) is 5.82 Å². The number of nitrogens with zero attached hydrogens (tertiary/aromatic N) is 5. The van der Waals surface area contributed by atoms with Crippen molar-refractivity contribution in [3.8, 4) is 0 Å². The summed E-state index contributed by atoms with van der Waals surface area (Å²) in [7, 11) is 1.93.